The molecule has 2 atom stereocenters. The zero-order chi connectivity index (χ0) is 17.2. The normalized spacial score (nSPS) is 21.1. The molecule has 1 aliphatic rings. The monoisotopic (exact) mass is 330 g/mol. The van der Waals surface area contributed by atoms with Gasteiger partial charge in [-0.2, -0.15) is 0 Å². The molecule has 0 saturated heterocycles. The largest absolute Gasteiger partial charge is 0.508 e. The second-order valence-corrected chi connectivity index (χ2v) is 6.65. The Kier molecular flexibility index (Phi) is 8.81. The first-order valence-electron chi connectivity index (χ1n) is 8.59. The zero-order valence-electron chi connectivity index (χ0n) is 14.7. The summed E-state index contributed by atoms with van der Waals surface area (Å²) in [5.74, 6) is 0.581. The van der Waals surface area contributed by atoms with E-state index in [-0.39, 0.29) is 6.10 Å². The molecule has 0 N–H and O–H groups in total. The van der Waals surface area contributed by atoms with E-state index in [0.717, 1.165) is 25.7 Å². The SMILES string of the molecule is CC(C)CCCOC(=O)OC1CCCCC1OC(=O)OC(C)C. The van der Waals surface area contributed by atoms with Crippen LogP contribution in [-0.2, 0) is 18.9 Å². The zero-order valence-corrected chi connectivity index (χ0v) is 14.7. The van der Waals surface area contributed by atoms with E-state index in [0.29, 0.717) is 25.4 Å². The van der Waals surface area contributed by atoms with Gasteiger partial charge < -0.3 is 18.9 Å². The molecule has 0 amide bonds. The van der Waals surface area contributed by atoms with E-state index in [9.17, 15) is 9.59 Å². The highest BCUT2D eigenvalue weighted by molar-refractivity contribution is 5.61. The molecule has 6 nitrogen and oxygen atoms in total. The number of hydrogen-bond acceptors (Lipinski definition) is 6. The lowest BCUT2D eigenvalue weighted by Crippen LogP contribution is -2.38. The number of rotatable bonds is 7. The fourth-order valence-corrected chi connectivity index (χ4v) is 2.48. The maximum Gasteiger partial charge on any atom is 0.508 e. The second-order valence-electron chi connectivity index (χ2n) is 6.65. The molecule has 0 aromatic heterocycles. The summed E-state index contributed by atoms with van der Waals surface area (Å²) in [6.07, 6.45) is 2.46. The average Bonchev–Trinajstić information content (AvgIpc) is 2.44. The van der Waals surface area contributed by atoms with E-state index in [1.807, 2.05) is 0 Å². The van der Waals surface area contributed by atoms with Gasteiger partial charge in [0.15, 0.2) is 0 Å². The average molecular weight is 330 g/mol. The minimum atomic E-state index is -0.717. The van der Waals surface area contributed by atoms with Crippen molar-refractivity contribution in [1.29, 1.82) is 0 Å². The lowest BCUT2D eigenvalue weighted by atomic mass is 9.95. The van der Waals surface area contributed by atoms with Gasteiger partial charge in [-0.05, 0) is 58.3 Å². The molecular weight excluding hydrogens is 300 g/mol. The van der Waals surface area contributed by atoms with Crippen LogP contribution in [0.3, 0.4) is 0 Å². The molecule has 134 valence electrons. The van der Waals surface area contributed by atoms with Crippen LogP contribution < -0.4 is 0 Å². The third-order valence-electron chi connectivity index (χ3n) is 3.61. The van der Waals surface area contributed by atoms with Crippen LogP contribution in [0.5, 0.6) is 0 Å². The second kappa shape index (κ2) is 10.3. The van der Waals surface area contributed by atoms with E-state index >= 15 is 0 Å². The fraction of sp³-hybridized carbons (Fsp3) is 0.882. The van der Waals surface area contributed by atoms with Crippen molar-refractivity contribution in [3.63, 3.8) is 0 Å². The predicted octanol–water partition coefficient (Wildman–Crippen LogP) is 4.45. The molecule has 6 heteroatoms. The molecule has 0 bridgehead atoms. The van der Waals surface area contributed by atoms with Gasteiger partial charge in [-0.15, -0.1) is 0 Å². The molecule has 0 radical (unpaired) electrons. The third-order valence-corrected chi connectivity index (χ3v) is 3.61. The standard InChI is InChI=1S/C17H30O6/c1-12(2)8-7-11-20-16(18)22-14-9-5-6-10-15(14)23-17(19)21-13(3)4/h12-15H,5-11H2,1-4H3. The Morgan fingerprint density at radius 1 is 0.957 bits per heavy atom. The van der Waals surface area contributed by atoms with Crippen molar-refractivity contribution in [2.24, 2.45) is 5.92 Å². The summed E-state index contributed by atoms with van der Waals surface area (Å²) in [6.45, 7) is 8.11. The van der Waals surface area contributed by atoms with Gasteiger partial charge in [0.25, 0.3) is 0 Å². The van der Waals surface area contributed by atoms with E-state index < -0.39 is 24.5 Å². The molecule has 23 heavy (non-hydrogen) atoms. The highest BCUT2D eigenvalue weighted by Crippen LogP contribution is 2.25. The lowest BCUT2D eigenvalue weighted by Gasteiger charge is -2.30. The van der Waals surface area contributed by atoms with Crippen LogP contribution in [0.1, 0.15) is 66.2 Å². The number of carbonyl (C=O) groups is 2. The van der Waals surface area contributed by atoms with Crippen molar-refractivity contribution in [2.45, 2.75) is 84.5 Å². The van der Waals surface area contributed by atoms with Gasteiger partial charge in [0.2, 0.25) is 0 Å². The first-order chi connectivity index (χ1) is 10.9. The van der Waals surface area contributed by atoms with E-state index in [4.69, 9.17) is 18.9 Å². The van der Waals surface area contributed by atoms with Crippen molar-refractivity contribution in [3.05, 3.63) is 0 Å². The lowest BCUT2D eigenvalue weighted by molar-refractivity contribution is -0.0753. The van der Waals surface area contributed by atoms with Crippen molar-refractivity contribution in [1.82, 2.24) is 0 Å². The minimum Gasteiger partial charge on any atom is -0.434 e. The summed E-state index contributed by atoms with van der Waals surface area (Å²) in [5, 5.41) is 0. The summed E-state index contributed by atoms with van der Waals surface area (Å²) < 4.78 is 20.7. The first-order valence-corrected chi connectivity index (χ1v) is 8.59. The number of carbonyl (C=O) groups excluding carboxylic acids is 2. The molecule has 0 aromatic rings. The van der Waals surface area contributed by atoms with Crippen LogP contribution in [0.15, 0.2) is 0 Å². The predicted molar refractivity (Wildman–Crippen MR) is 85.3 cm³/mol. The van der Waals surface area contributed by atoms with E-state index in [1.54, 1.807) is 13.8 Å². The Morgan fingerprint density at radius 2 is 1.52 bits per heavy atom. The summed E-state index contributed by atoms with van der Waals surface area (Å²) in [6, 6.07) is 0. The molecule has 0 spiro atoms. The van der Waals surface area contributed by atoms with Gasteiger partial charge in [-0.3, -0.25) is 0 Å². The van der Waals surface area contributed by atoms with Crippen molar-refractivity contribution in [2.75, 3.05) is 6.61 Å². The molecular formula is C17H30O6. The van der Waals surface area contributed by atoms with Crippen LogP contribution in [-0.4, -0.2) is 37.2 Å². The quantitative estimate of drug-likeness (QED) is 0.507. The highest BCUT2D eigenvalue weighted by atomic mass is 16.8. The van der Waals surface area contributed by atoms with Crippen LogP contribution >= 0.6 is 0 Å². The highest BCUT2D eigenvalue weighted by Gasteiger charge is 2.32. The molecule has 1 saturated carbocycles. The fourth-order valence-electron chi connectivity index (χ4n) is 2.48. The Hall–Kier alpha value is -1.46. The van der Waals surface area contributed by atoms with Gasteiger partial charge in [0.05, 0.1) is 12.7 Å². The van der Waals surface area contributed by atoms with Crippen LogP contribution in [0.2, 0.25) is 0 Å². The van der Waals surface area contributed by atoms with Gasteiger partial charge in [0, 0.05) is 0 Å². The summed E-state index contributed by atoms with van der Waals surface area (Å²) in [5.41, 5.74) is 0. The smallest absolute Gasteiger partial charge is 0.434 e. The summed E-state index contributed by atoms with van der Waals surface area (Å²) in [4.78, 5) is 23.4. The number of hydrogen-bond donors (Lipinski definition) is 0. The van der Waals surface area contributed by atoms with Crippen molar-refractivity contribution >= 4 is 12.3 Å². The molecule has 0 heterocycles. The molecule has 0 aliphatic heterocycles. The minimum absolute atomic E-state index is 0.239. The molecule has 1 aliphatic carbocycles. The topological polar surface area (TPSA) is 71.1 Å². The van der Waals surface area contributed by atoms with Crippen LogP contribution in [0, 0.1) is 5.92 Å². The van der Waals surface area contributed by atoms with Crippen molar-refractivity contribution in [3.8, 4) is 0 Å². The summed E-state index contributed by atoms with van der Waals surface area (Å²) in [7, 11) is 0. The molecule has 0 aromatic carbocycles. The first kappa shape index (κ1) is 19.6. The Bertz CT molecular complexity index is 366. The third kappa shape index (κ3) is 8.67. The Labute approximate surface area is 138 Å². The Balaban J connectivity index is 2.36. The van der Waals surface area contributed by atoms with Gasteiger partial charge in [0.1, 0.15) is 12.2 Å². The molecule has 1 fully saturated rings. The van der Waals surface area contributed by atoms with Gasteiger partial charge in [-0.1, -0.05) is 13.8 Å². The molecule has 2 unspecified atom stereocenters. The summed E-state index contributed by atoms with van der Waals surface area (Å²) >= 11 is 0. The van der Waals surface area contributed by atoms with Crippen LogP contribution in [0.25, 0.3) is 0 Å². The maximum absolute atomic E-state index is 11.7. The maximum atomic E-state index is 11.7. The number of ether oxygens (including phenoxy) is 4. The molecule has 1 rings (SSSR count). The van der Waals surface area contributed by atoms with E-state index in [2.05, 4.69) is 13.8 Å². The van der Waals surface area contributed by atoms with Gasteiger partial charge in [-0.25, -0.2) is 9.59 Å². The van der Waals surface area contributed by atoms with Crippen molar-refractivity contribution < 1.29 is 28.5 Å². The Morgan fingerprint density at radius 3 is 2.04 bits per heavy atom. The van der Waals surface area contributed by atoms with Crippen LogP contribution in [0.4, 0.5) is 9.59 Å². The van der Waals surface area contributed by atoms with E-state index in [1.165, 1.54) is 0 Å². The van der Waals surface area contributed by atoms with Gasteiger partial charge >= 0.3 is 12.3 Å².